The van der Waals surface area contributed by atoms with Gasteiger partial charge in [0, 0.05) is 39.5 Å². The van der Waals surface area contributed by atoms with Crippen molar-refractivity contribution in [2.45, 2.75) is 0 Å². The van der Waals surface area contributed by atoms with E-state index in [-0.39, 0.29) is 0 Å². The van der Waals surface area contributed by atoms with E-state index in [0.29, 0.717) is 17.7 Å². The molecule has 0 aliphatic heterocycles. The lowest BCUT2D eigenvalue weighted by molar-refractivity contribution is 0.883. The third-order valence-electron chi connectivity index (χ3n) is 8.13. The number of aromatic nitrogens is 7. The molecular weight excluding hydrogens is 542 g/mol. The first kappa shape index (κ1) is 24.4. The van der Waals surface area contributed by atoms with Gasteiger partial charge in [0.1, 0.15) is 11.3 Å². The van der Waals surface area contributed by atoms with Gasteiger partial charge in [0.15, 0.2) is 5.82 Å². The Balaban J connectivity index is 1.41. The molecule has 0 fully saturated rings. The second-order valence-electron chi connectivity index (χ2n) is 10.6. The van der Waals surface area contributed by atoms with Crippen molar-refractivity contribution in [3.05, 3.63) is 140 Å². The summed E-state index contributed by atoms with van der Waals surface area (Å²) in [6.07, 6.45) is 3.58. The van der Waals surface area contributed by atoms with Gasteiger partial charge >= 0.3 is 0 Å². The molecule has 9 aromatic rings. The van der Waals surface area contributed by atoms with Crippen LogP contribution in [0.4, 0.5) is 0 Å². The van der Waals surface area contributed by atoms with Crippen molar-refractivity contribution in [2.75, 3.05) is 0 Å². The molecule has 5 aromatic heterocycles. The summed E-state index contributed by atoms with van der Waals surface area (Å²) in [6.45, 7) is 0. The Bertz CT molecular complexity index is 2270. The van der Waals surface area contributed by atoms with Gasteiger partial charge < -0.3 is 0 Å². The minimum Gasteiger partial charge on any atom is -0.278 e. The molecule has 7 heteroatoms. The fraction of sp³-hybridized carbons (Fsp3) is 0. The second-order valence-corrected chi connectivity index (χ2v) is 10.6. The molecule has 0 N–H and O–H groups in total. The predicted molar refractivity (Wildman–Crippen MR) is 175 cm³/mol. The van der Waals surface area contributed by atoms with Crippen LogP contribution in [-0.4, -0.2) is 34.1 Å². The van der Waals surface area contributed by atoms with E-state index >= 15 is 0 Å². The average molecular weight is 566 g/mol. The zero-order valence-electron chi connectivity index (χ0n) is 23.4. The average Bonchev–Trinajstić information content (AvgIpc) is 3.62. The topological polar surface area (TPSA) is 74.3 Å². The van der Waals surface area contributed by atoms with Crippen LogP contribution in [0.1, 0.15) is 0 Å². The van der Waals surface area contributed by atoms with Crippen molar-refractivity contribution < 1.29 is 0 Å². The van der Waals surface area contributed by atoms with Crippen molar-refractivity contribution in [2.24, 2.45) is 0 Å². The van der Waals surface area contributed by atoms with Crippen molar-refractivity contribution in [3.8, 4) is 34.4 Å². The fourth-order valence-corrected chi connectivity index (χ4v) is 6.22. The van der Waals surface area contributed by atoms with Crippen molar-refractivity contribution >= 4 is 43.9 Å². The van der Waals surface area contributed by atoms with E-state index in [0.717, 1.165) is 60.6 Å². The normalized spacial score (nSPS) is 11.6. The zero-order chi connectivity index (χ0) is 29.0. The number of fused-ring (bicyclic) bond motifs is 6. The Morgan fingerprint density at radius 1 is 0.386 bits per heavy atom. The Morgan fingerprint density at radius 3 is 1.52 bits per heavy atom. The molecule has 0 unspecified atom stereocenters. The Labute approximate surface area is 251 Å². The second kappa shape index (κ2) is 9.68. The van der Waals surface area contributed by atoms with Crippen molar-refractivity contribution in [1.82, 2.24) is 34.1 Å². The Kier molecular flexibility index (Phi) is 5.36. The van der Waals surface area contributed by atoms with Gasteiger partial charge in [-0.05, 0) is 47.5 Å². The largest absolute Gasteiger partial charge is 0.278 e. The highest BCUT2D eigenvalue weighted by molar-refractivity contribution is 6.09. The summed E-state index contributed by atoms with van der Waals surface area (Å²) in [5.74, 6) is 1.53. The SMILES string of the molecule is c1ccc(-c2ccccc2-c2nc(-n3c4ccccc4c4ccccc43)nc(-n3c4ncccc4c4cccnc43)n2)cc1. The molecule has 0 saturated heterocycles. The molecule has 0 aliphatic carbocycles. The van der Waals surface area contributed by atoms with Gasteiger partial charge in [0.25, 0.3) is 0 Å². The number of hydrogen-bond donors (Lipinski definition) is 0. The van der Waals surface area contributed by atoms with Crippen LogP contribution in [-0.2, 0) is 0 Å². The molecule has 0 aliphatic rings. The van der Waals surface area contributed by atoms with E-state index in [2.05, 4.69) is 77.4 Å². The van der Waals surface area contributed by atoms with Gasteiger partial charge in [-0.1, -0.05) is 91.0 Å². The van der Waals surface area contributed by atoms with E-state index in [1.54, 1.807) is 12.4 Å². The number of benzene rings is 4. The molecule has 7 nitrogen and oxygen atoms in total. The van der Waals surface area contributed by atoms with Crippen molar-refractivity contribution in [1.29, 1.82) is 0 Å². The van der Waals surface area contributed by atoms with Gasteiger partial charge in [0.05, 0.1) is 11.0 Å². The monoisotopic (exact) mass is 565 g/mol. The van der Waals surface area contributed by atoms with Crippen LogP contribution < -0.4 is 0 Å². The van der Waals surface area contributed by atoms with Crippen LogP contribution in [0.5, 0.6) is 0 Å². The predicted octanol–water partition coefficient (Wildman–Crippen LogP) is 8.19. The number of para-hydroxylation sites is 2. The molecule has 0 radical (unpaired) electrons. The van der Waals surface area contributed by atoms with Crippen LogP contribution in [0.3, 0.4) is 0 Å². The van der Waals surface area contributed by atoms with Gasteiger partial charge in [-0.25, -0.2) is 14.5 Å². The molecule has 0 atom stereocenters. The van der Waals surface area contributed by atoms with Crippen LogP contribution >= 0.6 is 0 Å². The van der Waals surface area contributed by atoms with Gasteiger partial charge in [-0.2, -0.15) is 15.0 Å². The van der Waals surface area contributed by atoms with E-state index in [1.165, 1.54) is 0 Å². The summed E-state index contributed by atoms with van der Waals surface area (Å²) >= 11 is 0. The third kappa shape index (κ3) is 3.66. The van der Waals surface area contributed by atoms with Crippen LogP contribution in [0.2, 0.25) is 0 Å². The maximum absolute atomic E-state index is 5.19. The summed E-state index contributed by atoms with van der Waals surface area (Å²) in [4.78, 5) is 25.1. The molecule has 44 heavy (non-hydrogen) atoms. The fourth-order valence-electron chi connectivity index (χ4n) is 6.22. The Hall–Kier alpha value is -6.21. The minimum absolute atomic E-state index is 0.451. The lowest BCUT2D eigenvalue weighted by Crippen LogP contribution is -2.11. The van der Waals surface area contributed by atoms with E-state index in [1.807, 2.05) is 59.2 Å². The summed E-state index contributed by atoms with van der Waals surface area (Å²) in [6, 6.07) is 43.3. The highest BCUT2D eigenvalue weighted by Gasteiger charge is 2.22. The smallest absolute Gasteiger partial charge is 0.242 e. The van der Waals surface area contributed by atoms with Gasteiger partial charge in [-0.3, -0.25) is 4.57 Å². The molecular formula is C37H23N7. The molecule has 0 bridgehead atoms. The highest BCUT2D eigenvalue weighted by Crippen LogP contribution is 2.35. The number of rotatable bonds is 4. The first-order chi connectivity index (χ1) is 21.8. The maximum Gasteiger partial charge on any atom is 0.242 e. The number of hydrogen-bond acceptors (Lipinski definition) is 5. The third-order valence-corrected chi connectivity index (χ3v) is 8.13. The lowest BCUT2D eigenvalue weighted by atomic mass is 9.99. The lowest BCUT2D eigenvalue weighted by Gasteiger charge is -2.14. The Morgan fingerprint density at radius 2 is 0.886 bits per heavy atom. The molecule has 206 valence electrons. The van der Waals surface area contributed by atoms with Crippen LogP contribution in [0.15, 0.2) is 140 Å². The summed E-state index contributed by atoms with van der Waals surface area (Å²) < 4.78 is 4.07. The van der Waals surface area contributed by atoms with E-state index < -0.39 is 0 Å². The molecule has 4 aromatic carbocycles. The summed E-state index contributed by atoms with van der Waals surface area (Å²) in [5, 5.41) is 4.24. The summed E-state index contributed by atoms with van der Waals surface area (Å²) in [7, 11) is 0. The molecule has 5 heterocycles. The molecule has 0 spiro atoms. The quantitative estimate of drug-likeness (QED) is 0.215. The van der Waals surface area contributed by atoms with Crippen LogP contribution in [0, 0.1) is 0 Å². The first-order valence-electron chi connectivity index (χ1n) is 14.5. The highest BCUT2D eigenvalue weighted by atomic mass is 15.3. The standard InChI is InChI=1S/C37H23N7/c1-2-12-24(13-3-1)25-14-4-5-17-28(25)33-40-36(43-31-20-8-6-15-26(31)27-16-7-9-21-32(27)43)42-37(41-33)44-34-29(18-10-22-38-34)30-19-11-23-39-35(30)44/h1-23H. The summed E-state index contributed by atoms with van der Waals surface area (Å²) in [5.41, 5.74) is 6.55. The van der Waals surface area contributed by atoms with Crippen molar-refractivity contribution in [3.63, 3.8) is 0 Å². The first-order valence-corrected chi connectivity index (χ1v) is 14.5. The number of pyridine rings is 2. The minimum atomic E-state index is 0.451. The van der Waals surface area contributed by atoms with Crippen LogP contribution in [0.25, 0.3) is 78.3 Å². The zero-order valence-corrected chi connectivity index (χ0v) is 23.4. The molecule has 0 amide bonds. The maximum atomic E-state index is 5.19. The van der Waals surface area contributed by atoms with Gasteiger partial charge in [-0.15, -0.1) is 0 Å². The van der Waals surface area contributed by atoms with E-state index in [9.17, 15) is 0 Å². The van der Waals surface area contributed by atoms with E-state index in [4.69, 9.17) is 24.9 Å². The molecule has 9 rings (SSSR count). The number of nitrogens with zero attached hydrogens (tertiary/aromatic N) is 7. The molecule has 0 saturated carbocycles. The van der Waals surface area contributed by atoms with Gasteiger partial charge in [0.2, 0.25) is 11.9 Å².